The quantitative estimate of drug-likeness (QED) is 0.137. The Bertz CT molecular complexity index is 1830. The van der Waals surface area contributed by atoms with E-state index >= 15 is 8.78 Å². The molecule has 0 unspecified atom stereocenters. The lowest BCUT2D eigenvalue weighted by atomic mass is 10.0. The first-order valence-corrected chi connectivity index (χ1v) is 16.1. The van der Waals surface area contributed by atoms with Crippen LogP contribution in [-0.2, 0) is 22.7 Å². The van der Waals surface area contributed by atoms with Crippen LogP contribution in [0.3, 0.4) is 0 Å². The van der Waals surface area contributed by atoms with Crippen LogP contribution in [0.15, 0.2) is 54.9 Å². The van der Waals surface area contributed by atoms with Crippen molar-refractivity contribution in [1.82, 2.24) is 36.2 Å². The molecule has 0 bridgehead atoms. The third kappa shape index (κ3) is 7.53. The number of pyridine rings is 3. The number of aromatic nitrogens is 3. The number of ether oxygens (including phenoxy) is 1. The number of rotatable bonds is 13. The van der Waals surface area contributed by atoms with Crippen molar-refractivity contribution >= 4 is 34.9 Å². The highest BCUT2D eigenvalue weighted by Gasteiger charge is 2.23. The lowest BCUT2D eigenvalue weighted by Gasteiger charge is -2.15. The number of nitrogens with one attached hydrogen (secondary N) is 5. The van der Waals surface area contributed by atoms with Gasteiger partial charge in [-0.3, -0.25) is 14.6 Å². The van der Waals surface area contributed by atoms with Crippen LogP contribution in [0.5, 0.6) is 5.88 Å². The Labute approximate surface area is 281 Å². The fourth-order valence-electron chi connectivity index (χ4n) is 5.83. The molecule has 2 aliphatic rings. The van der Waals surface area contributed by atoms with Crippen molar-refractivity contribution in [2.24, 2.45) is 0 Å². The number of halogens is 3. The van der Waals surface area contributed by atoms with Gasteiger partial charge in [-0.1, -0.05) is 23.7 Å². The van der Waals surface area contributed by atoms with E-state index in [2.05, 4.69) is 41.5 Å². The van der Waals surface area contributed by atoms with E-state index in [1.54, 1.807) is 30.3 Å². The van der Waals surface area contributed by atoms with Gasteiger partial charge >= 0.3 is 0 Å². The van der Waals surface area contributed by atoms with Crippen LogP contribution >= 0.6 is 11.6 Å². The Kier molecular flexibility index (Phi) is 10.4. The SMILES string of the molecule is COc1nc(-c2ccnc(-c3cccc(Nc4nccc(CNC[C@@H]5CCC(=O)N5)c4F)c3F)c2Cl)ccc1CNC[C@H]1CCC(=O)N1. The van der Waals surface area contributed by atoms with Gasteiger partial charge in [0.05, 0.1) is 29.2 Å². The van der Waals surface area contributed by atoms with Gasteiger partial charge in [0.15, 0.2) is 17.5 Å². The Morgan fingerprint density at radius 3 is 2.21 bits per heavy atom. The molecule has 48 heavy (non-hydrogen) atoms. The molecule has 14 heteroatoms. The number of amides is 2. The van der Waals surface area contributed by atoms with Crippen LogP contribution in [0, 0.1) is 11.6 Å². The van der Waals surface area contributed by atoms with Gasteiger partial charge in [-0.2, -0.15) is 0 Å². The zero-order valence-corrected chi connectivity index (χ0v) is 27.0. The van der Waals surface area contributed by atoms with Crippen molar-refractivity contribution in [2.75, 3.05) is 25.5 Å². The second-order valence-electron chi connectivity index (χ2n) is 11.7. The van der Waals surface area contributed by atoms with Gasteiger partial charge in [-0.05, 0) is 43.2 Å². The molecule has 2 amide bonds. The molecule has 5 heterocycles. The predicted molar refractivity (Wildman–Crippen MR) is 178 cm³/mol. The van der Waals surface area contributed by atoms with Gasteiger partial charge in [-0.25, -0.2) is 18.7 Å². The van der Waals surface area contributed by atoms with Gasteiger partial charge < -0.3 is 31.3 Å². The van der Waals surface area contributed by atoms with Crippen LogP contribution in [0.4, 0.5) is 20.3 Å². The molecule has 2 fully saturated rings. The Morgan fingerprint density at radius 2 is 1.54 bits per heavy atom. The lowest BCUT2D eigenvalue weighted by molar-refractivity contribution is -0.120. The molecule has 2 atom stereocenters. The number of methoxy groups -OCH3 is 1. The summed E-state index contributed by atoms with van der Waals surface area (Å²) in [6.45, 7) is 1.83. The van der Waals surface area contributed by atoms with Crippen molar-refractivity contribution < 1.29 is 23.1 Å². The van der Waals surface area contributed by atoms with Crippen molar-refractivity contribution in [3.05, 3.63) is 82.6 Å². The molecule has 0 saturated carbocycles. The van der Waals surface area contributed by atoms with Crippen LogP contribution < -0.4 is 31.3 Å². The van der Waals surface area contributed by atoms with E-state index in [9.17, 15) is 9.59 Å². The maximum atomic E-state index is 16.0. The summed E-state index contributed by atoms with van der Waals surface area (Å²) < 4.78 is 37.0. The monoisotopic (exact) mass is 676 g/mol. The number of hydrogen-bond acceptors (Lipinski definition) is 9. The van der Waals surface area contributed by atoms with Crippen LogP contribution in [0.1, 0.15) is 36.8 Å². The standard InChI is InChI=1S/C34H35ClF2N8O3/c1-48-34-20(16-39-18-22-7-10-28(47)43-22)5-8-25(45-34)23-12-14-40-32(29(23)35)24-3-2-4-26(31(24)37)44-33-30(36)19(11-13-41-33)15-38-17-21-6-9-27(46)42-21/h2-5,8,11-14,21-22,38-39H,6-7,9-10,15-18H2,1H3,(H,41,44)(H,42,46)(H,43,47)/t21-,22+/m0/s1. The van der Waals surface area contributed by atoms with E-state index in [4.69, 9.17) is 16.3 Å². The molecule has 6 rings (SSSR count). The van der Waals surface area contributed by atoms with Crippen LogP contribution in [-0.4, -0.2) is 59.0 Å². The van der Waals surface area contributed by atoms with Crippen molar-refractivity contribution in [3.63, 3.8) is 0 Å². The van der Waals surface area contributed by atoms with E-state index in [-0.39, 0.29) is 58.2 Å². The zero-order chi connectivity index (χ0) is 33.6. The van der Waals surface area contributed by atoms with Gasteiger partial charge in [0, 0.05) is 85.8 Å². The fourth-order valence-corrected chi connectivity index (χ4v) is 6.14. The summed E-state index contributed by atoms with van der Waals surface area (Å²) >= 11 is 6.84. The number of anilines is 2. The topological polar surface area (TPSA) is 142 Å². The molecular formula is C34H35ClF2N8O3. The molecule has 0 spiro atoms. The molecule has 0 radical (unpaired) electrons. The van der Waals surface area contributed by atoms with E-state index in [0.29, 0.717) is 55.2 Å². The summed E-state index contributed by atoms with van der Waals surface area (Å²) in [4.78, 5) is 36.0. The third-order valence-electron chi connectivity index (χ3n) is 8.36. The van der Waals surface area contributed by atoms with Gasteiger partial charge in [0.25, 0.3) is 0 Å². The molecule has 2 aliphatic heterocycles. The maximum absolute atomic E-state index is 16.0. The summed E-state index contributed by atoms with van der Waals surface area (Å²) in [5, 5.41) is 15.3. The highest BCUT2D eigenvalue weighted by molar-refractivity contribution is 6.35. The second-order valence-corrected chi connectivity index (χ2v) is 12.1. The highest BCUT2D eigenvalue weighted by Crippen LogP contribution is 2.38. The van der Waals surface area contributed by atoms with Crippen molar-refractivity contribution in [3.8, 4) is 28.4 Å². The van der Waals surface area contributed by atoms with Gasteiger partial charge in [0.2, 0.25) is 17.7 Å². The number of nitrogens with zero attached hydrogens (tertiary/aromatic N) is 3. The van der Waals surface area contributed by atoms with Crippen LogP contribution in [0.25, 0.3) is 22.5 Å². The van der Waals surface area contributed by atoms with Crippen molar-refractivity contribution in [2.45, 2.75) is 50.9 Å². The van der Waals surface area contributed by atoms with E-state index in [0.717, 1.165) is 18.4 Å². The average molecular weight is 677 g/mol. The normalized spacial score (nSPS) is 17.3. The molecule has 2 saturated heterocycles. The zero-order valence-electron chi connectivity index (χ0n) is 26.2. The number of carbonyl (C=O) groups is 2. The van der Waals surface area contributed by atoms with Crippen LogP contribution in [0.2, 0.25) is 5.02 Å². The Morgan fingerprint density at radius 1 is 0.854 bits per heavy atom. The minimum absolute atomic E-state index is 0.00485. The molecular weight excluding hydrogens is 642 g/mol. The predicted octanol–water partition coefficient (Wildman–Crippen LogP) is 4.63. The van der Waals surface area contributed by atoms with E-state index < -0.39 is 11.6 Å². The largest absolute Gasteiger partial charge is 0.481 e. The second kappa shape index (κ2) is 15.0. The minimum atomic E-state index is -0.684. The summed E-state index contributed by atoms with van der Waals surface area (Å²) in [5.41, 5.74) is 2.49. The minimum Gasteiger partial charge on any atom is -0.481 e. The van der Waals surface area contributed by atoms with E-state index in [1.807, 2.05) is 6.07 Å². The highest BCUT2D eigenvalue weighted by atomic mass is 35.5. The first kappa shape index (κ1) is 33.2. The van der Waals surface area contributed by atoms with Gasteiger partial charge in [0.1, 0.15) is 0 Å². The average Bonchev–Trinajstić information content (AvgIpc) is 3.70. The molecule has 250 valence electrons. The number of carbonyl (C=O) groups excluding carboxylic acids is 2. The number of benzene rings is 1. The summed E-state index contributed by atoms with van der Waals surface area (Å²) in [6, 6.07) is 11.7. The summed E-state index contributed by atoms with van der Waals surface area (Å²) in [5.74, 6) is -0.954. The summed E-state index contributed by atoms with van der Waals surface area (Å²) in [7, 11) is 1.53. The summed E-state index contributed by atoms with van der Waals surface area (Å²) in [6.07, 6.45) is 5.52. The fraction of sp³-hybridized carbons (Fsp3) is 0.324. The number of hydrogen-bond donors (Lipinski definition) is 5. The van der Waals surface area contributed by atoms with E-state index in [1.165, 1.54) is 25.6 Å². The third-order valence-corrected chi connectivity index (χ3v) is 8.74. The Balaban J connectivity index is 1.17. The Hall–Kier alpha value is -4.72. The molecule has 3 aromatic heterocycles. The molecule has 1 aromatic carbocycles. The maximum Gasteiger partial charge on any atom is 0.220 e. The molecule has 11 nitrogen and oxygen atoms in total. The molecule has 5 N–H and O–H groups in total. The molecule has 4 aromatic rings. The van der Waals surface area contributed by atoms with Crippen molar-refractivity contribution in [1.29, 1.82) is 0 Å². The smallest absolute Gasteiger partial charge is 0.220 e. The lowest BCUT2D eigenvalue weighted by Crippen LogP contribution is -2.35. The first-order valence-electron chi connectivity index (χ1n) is 15.7. The first-order chi connectivity index (χ1) is 23.3. The van der Waals surface area contributed by atoms with Gasteiger partial charge in [-0.15, -0.1) is 0 Å². The molecule has 0 aliphatic carbocycles.